The monoisotopic (exact) mass is 266 g/mol. The van der Waals surface area contributed by atoms with Crippen LogP contribution in [0.15, 0.2) is 24.3 Å². The van der Waals surface area contributed by atoms with Gasteiger partial charge in [0.2, 0.25) is 0 Å². The third kappa shape index (κ3) is 2.98. The van der Waals surface area contributed by atoms with Crippen LogP contribution in [0.2, 0.25) is 0 Å². The fourth-order valence-corrected chi connectivity index (χ4v) is 1.84. The van der Waals surface area contributed by atoms with E-state index in [1.165, 1.54) is 5.56 Å². The molecule has 1 aromatic heterocycles. The van der Waals surface area contributed by atoms with Crippen LogP contribution in [-0.2, 0) is 13.0 Å². The molecule has 1 aromatic carbocycles. The number of rotatable bonds is 5. The second kappa shape index (κ2) is 5.82. The summed E-state index contributed by atoms with van der Waals surface area (Å²) in [6, 6.07) is 7.96. The van der Waals surface area contributed by atoms with Crippen molar-refractivity contribution in [1.82, 2.24) is 20.2 Å². The van der Waals surface area contributed by atoms with Gasteiger partial charge < -0.3 is 4.74 Å². The van der Waals surface area contributed by atoms with Crippen LogP contribution in [0.4, 0.5) is 0 Å². The zero-order valence-corrected chi connectivity index (χ0v) is 11.1. The number of benzene rings is 1. The van der Waals surface area contributed by atoms with Crippen LogP contribution in [-0.4, -0.2) is 27.3 Å². The first-order valence-electron chi connectivity index (χ1n) is 5.73. The number of alkyl halides is 1. The van der Waals surface area contributed by atoms with Crippen molar-refractivity contribution in [3.05, 3.63) is 35.7 Å². The van der Waals surface area contributed by atoms with E-state index in [0.717, 1.165) is 12.2 Å². The molecule has 18 heavy (non-hydrogen) atoms. The van der Waals surface area contributed by atoms with Gasteiger partial charge in [-0.3, -0.25) is 0 Å². The highest BCUT2D eigenvalue weighted by Crippen LogP contribution is 2.16. The Bertz CT molecular complexity index is 495. The number of aryl methyl sites for hydroxylation is 2. The van der Waals surface area contributed by atoms with Crippen molar-refractivity contribution < 1.29 is 4.74 Å². The van der Waals surface area contributed by atoms with E-state index < -0.39 is 0 Å². The summed E-state index contributed by atoms with van der Waals surface area (Å²) >= 11 is 5.99. The molecule has 0 fully saturated rings. The molecular formula is C12H15ClN4O. The van der Waals surface area contributed by atoms with E-state index in [2.05, 4.69) is 15.5 Å². The van der Waals surface area contributed by atoms with Gasteiger partial charge in [-0.2, -0.15) is 0 Å². The topological polar surface area (TPSA) is 52.8 Å². The Morgan fingerprint density at radius 3 is 2.67 bits per heavy atom. The molecule has 0 spiro atoms. The van der Waals surface area contributed by atoms with E-state index in [1.807, 2.05) is 31.2 Å². The Labute approximate surface area is 111 Å². The minimum atomic E-state index is -0.184. The lowest BCUT2D eigenvalue weighted by Gasteiger charge is -2.06. The molecule has 0 aliphatic heterocycles. The summed E-state index contributed by atoms with van der Waals surface area (Å²) < 4.78 is 6.85. The standard InChI is InChI=1S/C12H15ClN4O/c1-9(13)12-14-15-16-17(12)8-7-10-3-5-11(18-2)6-4-10/h3-6,9H,7-8H2,1-2H3. The predicted molar refractivity (Wildman–Crippen MR) is 68.8 cm³/mol. The number of ether oxygens (including phenoxy) is 1. The molecule has 5 nitrogen and oxygen atoms in total. The predicted octanol–water partition coefficient (Wildman–Crippen LogP) is 2.22. The summed E-state index contributed by atoms with van der Waals surface area (Å²) in [4.78, 5) is 0. The van der Waals surface area contributed by atoms with Gasteiger partial charge in [0.1, 0.15) is 5.75 Å². The molecule has 0 saturated heterocycles. The number of methoxy groups -OCH3 is 1. The molecule has 2 rings (SSSR count). The molecule has 1 unspecified atom stereocenters. The van der Waals surface area contributed by atoms with E-state index in [0.29, 0.717) is 12.4 Å². The van der Waals surface area contributed by atoms with Gasteiger partial charge in [0.05, 0.1) is 12.5 Å². The van der Waals surface area contributed by atoms with Gasteiger partial charge in [-0.1, -0.05) is 12.1 Å². The summed E-state index contributed by atoms with van der Waals surface area (Å²) in [5.41, 5.74) is 1.21. The van der Waals surface area contributed by atoms with Crippen molar-refractivity contribution >= 4 is 11.6 Å². The van der Waals surface area contributed by atoms with Crippen LogP contribution >= 0.6 is 11.6 Å². The Kier molecular flexibility index (Phi) is 4.15. The highest BCUT2D eigenvalue weighted by Gasteiger charge is 2.11. The SMILES string of the molecule is COc1ccc(CCn2nnnc2C(C)Cl)cc1. The van der Waals surface area contributed by atoms with Gasteiger partial charge in [0, 0.05) is 6.54 Å². The normalized spacial score (nSPS) is 12.4. The van der Waals surface area contributed by atoms with Gasteiger partial charge in [-0.25, -0.2) is 4.68 Å². The van der Waals surface area contributed by atoms with Crippen molar-refractivity contribution in [2.75, 3.05) is 7.11 Å². The molecule has 0 aliphatic rings. The molecule has 6 heteroatoms. The largest absolute Gasteiger partial charge is 0.497 e. The fourth-order valence-electron chi connectivity index (χ4n) is 1.68. The summed E-state index contributed by atoms with van der Waals surface area (Å²) in [5.74, 6) is 1.56. The Morgan fingerprint density at radius 1 is 1.33 bits per heavy atom. The van der Waals surface area contributed by atoms with E-state index in [9.17, 15) is 0 Å². The molecular weight excluding hydrogens is 252 g/mol. The van der Waals surface area contributed by atoms with Crippen LogP contribution < -0.4 is 4.74 Å². The van der Waals surface area contributed by atoms with Crippen LogP contribution in [0, 0.1) is 0 Å². The number of tetrazole rings is 1. The molecule has 1 atom stereocenters. The van der Waals surface area contributed by atoms with Crippen molar-refractivity contribution in [3.8, 4) is 5.75 Å². The van der Waals surface area contributed by atoms with E-state index in [1.54, 1.807) is 11.8 Å². The maximum absolute atomic E-state index is 5.99. The number of nitrogens with zero attached hydrogens (tertiary/aromatic N) is 4. The van der Waals surface area contributed by atoms with E-state index in [4.69, 9.17) is 16.3 Å². The first-order valence-corrected chi connectivity index (χ1v) is 6.17. The first kappa shape index (κ1) is 12.8. The molecule has 2 aromatic rings. The number of hydrogen-bond acceptors (Lipinski definition) is 4. The zero-order chi connectivity index (χ0) is 13.0. The maximum atomic E-state index is 5.99. The second-order valence-corrected chi connectivity index (χ2v) is 4.63. The quantitative estimate of drug-likeness (QED) is 0.779. The minimum absolute atomic E-state index is 0.184. The highest BCUT2D eigenvalue weighted by atomic mass is 35.5. The molecule has 1 heterocycles. The van der Waals surface area contributed by atoms with E-state index in [-0.39, 0.29) is 5.38 Å². The summed E-state index contributed by atoms with van der Waals surface area (Å²) in [5, 5.41) is 11.3. The van der Waals surface area contributed by atoms with Crippen molar-refractivity contribution in [2.24, 2.45) is 0 Å². The highest BCUT2D eigenvalue weighted by molar-refractivity contribution is 6.20. The van der Waals surface area contributed by atoms with E-state index >= 15 is 0 Å². The van der Waals surface area contributed by atoms with Crippen molar-refractivity contribution in [1.29, 1.82) is 0 Å². The number of hydrogen-bond donors (Lipinski definition) is 0. The average Bonchev–Trinajstić information content (AvgIpc) is 2.85. The molecule has 0 amide bonds. The Morgan fingerprint density at radius 2 is 2.06 bits per heavy atom. The first-order chi connectivity index (χ1) is 8.70. The lowest BCUT2D eigenvalue weighted by molar-refractivity contribution is 0.414. The fraction of sp³-hybridized carbons (Fsp3) is 0.417. The molecule has 0 aliphatic carbocycles. The zero-order valence-electron chi connectivity index (χ0n) is 10.4. The van der Waals surface area contributed by atoms with Gasteiger partial charge >= 0.3 is 0 Å². The van der Waals surface area contributed by atoms with Crippen LogP contribution in [0.1, 0.15) is 23.7 Å². The summed E-state index contributed by atoms with van der Waals surface area (Å²) in [6.45, 7) is 2.57. The van der Waals surface area contributed by atoms with Gasteiger partial charge in [-0.05, 0) is 41.5 Å². The average molecular weight is 267 g/mol. The number of aromatic nitrogens is 4. The summed E-state index contributed by atoms with van der Waals surface area (Å²) in [6.07, 6.45) is 0.853. The van der Waals surface area contributed by atoms with Crippen LogP contribution in [0.3, 0.4) is 0 Å². The van der Waals surface area contributed by atoms with Crippen molar-refractivity contribution in [2.45, 2.75) is 25.3 Å². The van der Waals surface area contributed by atoms with Gasteiger partial charge in [0.15, 0.2) is 5.82 Å². The lowest BCUT2D eigenvalue weighted by atomic mass is 10.1. The molecule has 0 bridgehead atoms. The molecule has 0 N–H and O–H groups in total. The third-order valence-corrected chi connectivity index (χ3v) is 2.88. The second-order valence-electron chi connectivity index (χ2n) is 3.97. The minimum Gasteiger partial charge on any atom is -0.497 e. The number of halogens is 1. The maximum Gasteiger partial charge on any atom is 0.168 e. The van der Waals surface area contributed by atoms with Crippen LogP contribution in [0.5, 0.6) is 5.75 Å². The smallest absolute Gasteiger partial charge is 0.168 e. The Hall–Kier alpha value is -1.62. The van der Waals surface area contributed by atoms with Gasteiger partial charge in [0.25, 0.3) is 0 Å². The lowest BCUT2D eigenvalue weighted by Crippen LogP contribution is -2.08. The molecule has 0 radical (unpaired) electrons. The van der Waals surface area contributed by atoms with Crippen molar-refractivity contribution in [3.63, 3.8) is 0 Å². The Balaban J connectivity index is 2.00. The molecule has 0 saturated carbocycles. The molecule has 96 valence electrons. The summed E-state index contributed by atoms with van der Waals surface area (Å²) in [7, 11) is 1.66. The third-order valence-electron chi connectivity index (χ3n) is 2.69. The van der Waals surface area contributed by atoms with Gasteiger partial charge in [-0.15, -0.1) is 16.7 Å². The van der Waals surface area contributed by atoms with Crippen LogP contribution in [0.25, 0.3) is 0 Å².